The Hall–Kier alpha value is -1.75. The van der Waals surface area contributed by atoms with E-state index >= 15 is 0 Å². The van der Waals surface area contributed by atoms with Gasteiger partial charge in [0.2, 0.25) is 0 Å². The second-order valence-electron chi connectivity index (χ2n) is 5.69. The molecule has 20 heavy (non-hydrogen) atoms. The highest BCUT2D eigenvalue weighted by Crippen LogP contribution is 2.38. The Morgan fingerprint density at radius 3 is 2.80 bits per heavy atom. The summed E-state index contributed by atoms with van der Waals surface area (Å²) in [6.07, 6.45) is 1.34. The average molecular weight is 277 g/mol. The van der Waals surface area contributed by atoms with Crippen LogP contribution in [0.3, 0.4) is 0 Å². The number of rotatable bonds is 6. The number of nitrogens with zero attached hydrogens (tertiary/aromatic N) is 2. The van der Waals surface area contributed by atoms with E-state index in [9.17, 15) is 0 Å². The molecule has 1 aliphatic rings. The van der Waals surface area contributed by atoms with E-state index in [1.807, 2.05) is 18.2 Å². The molecule has 0 bridgehead atoms. The number of hydrogen-bond acceptors (Lipinski definition) is 4. The van der Waals surface area contributed by atoms with Gasteiger partial charge in [0.15, 0.2) is 5.84 Å². The molecule has 0 aliphatic heterocycles. The number of benzene rings is 1. The lowest BCUT2D eigenvalue weighted by Crippen LogP contribution is -2.21. The Balaban J connectivity index is 2.08. The van der Waals surface area contributed by atoms with Gasteiger partial charge in [0, 0.05) is 13.1 Å². The summed E-state index contributed by atoms with van der Waals surface area (Å²) in [7, 11) is 3.70. The largest absolute Gasteiger partial charge is 0.496 e. The van der Waals surface area contributed by atoms with Crippen LogP contribution in [0.4, 0.5) is 0 Å². The van der Waals surface area contributed by atoms with E-state index in [2.05, 4.69) is 24.0 Å². The predicted molar refractivity (Wildman–Crippen MR) is 79.1 cm³/mol. The maximum absolute atomic E-state index is 8.83. The Labute approximate surface area is 120 Å². The number of hydrogen-bond donors (Lipinski definition) is 2. The monoisotopic (exact) mass is 277 g/mol. The third kappa shape index (κ3) is 3.42. The Kier molecular flexibility index (Phi) is 4.49. The van der Waals surface area contributed by atoms with E-state index < -0.39 is 0 Å². The SMILES string of the molecule is COc1ccc(CN(C)CC2CC2C)cc1C(N)=NO. The van der Waals surface area contributed by atoms with E-state index in [1.54, 1.807) is 7.11 Å². The minimum absolute atomic E-state index is 0.0715. The molecule has 2 atom stereocenters. The van der Waals surface area contributed by atoms with E-state index in [0.29, 0.717) is 11.3 Å². The number of nitrogens with two attached hydrogens (primary N) is 1. The van der Waals surface area contributed by atoms with Crippen LogP contribution in [0.25, 0.3) is 0 Å². The van der Waals surface area contributed by atoms with Crippen LogP contribution in [0.5, 0.6) is 5.75 Å². The molecule has 0 heterocycles. The Morgan fingerprint density at radius 1 is 1.55 bits per heavy atom. The van der Waals surface area contributed by atoms with Crippen molar-refractivity contribution < 1.29 is 9.94 Å². The van der Waals surface area contributed by atoms with Crippen molar-refractivity contribution in [3.05, 3.63) is 29.3 Å². The predicted octanol–water partition coefficient (Wildman–Crippen LogP) is 1.88. The molecule has 1 aromatic rings. The van der Waals surface area contributed by atoms with Crippen LogP contribution in [0, 0.1) is 11.8 Å². The summed E-state index contributed by atoms with van der Waals surface area (Å²) in [5.41, 5.74) is 7.44. The molecule has 110 valence electrons. The summed E-state index contributed by atoms with van der Waals surface area (Å²) in [5, 5.41) is 11.9. The molecule has 2 rings (SSSR count). The summed E-state index contributed by atoms with van der Waals surface area (Å²) in [6.45, 7) is 4.26. The summed E-state index contributed by atoms with van der Waals surface area (Å²) in [5.74, 6) is 2.38. The van der Waals surface area contributed by atoms with Crippen LogP contribution in [-0.4, -0.2) is 36.6 Å². The Bertz CT molecular complexity index is 502. The topological polar surface area (TPSA) is 71.1 Å². The summed E-state index contributed by atoms with van der Waals surface area (Å²) in [6, 6.07) is 5.79. The van der Waals surface area contributed by atoms with Crippen LogP contribution < -0.4 is 10.5 Å². The normalized spacial score (nSPS) is 22.1. The highest BCUT2D eigenvalue weighted by molar-refractivity contribution is 5.99. The standard InChI is InChI=1S/C15H23N3O2/c1-10-6-12(10)9-18(2)8-11-4-5-14(20-3)13(7-11)15(16)17-19/h4-5,7,10,12,19H,6,8-9H2,1-3H3,(H2,16,17). The van der Waals surface area contributed by atoms with Gasteiger partial charge in [-0.05, 0) is 43.0 Å². The fourth-order valence-electron chi connectivity index (χ4n) is 2.54. The first-order valence-corrected chi connectivity index (χ1v) is 6.88. The van der Waals surface area contributed by atoms with Crippen LogP contribution in [0.2, 0.25) is 0 Å². The van der Waals surface area contributed by atoms with Crippen molar-refractivity contribution in [1.29, 1.82) is 0 Å². The maximum atomic E-state index is 8.83. The molecule has 1 fully saturated rings. The van der Waals surface area contributed by atoms with Gasteiger partial charge in [0.05, 0.1) is 12.7 Å². The van der Waals surface area contributed by atoms with Gasteiger partial charge in [-0.1, -0.05) is 18.1 Å². The van der Waals surface area contributed by atoms with Gasteiger partial charge in [-0.25, -0.2) is 0 Å². The van der Waals surface area contributed by atoms with Crippen molar-refractivity contribution in [3.63, 3.8) is 0 Å². The fraction of sp³-hybridized carbons (Fsp3) is 0.533. The average Bonchev–Trinajstić information content (AvgIpc) is 3.12. The molecule has 0 aromatic heterocycles. The number of ether oxygens (including phenoxy) is 1. The van der Waals surface area contributed by atoms with Crippen LogP contribution >= 0.6 is 0 Å². The first-order chi connectivity index (χ1) is 9.55. The molecule has 5 heteroatoms. The quantitative estimate of drug-likeness (QED) is 0.360. The minimum atomic E-state index is 0.0715. The van der Waals surface area contributed by atoms with Crippen LogP contribution in [0.1, 0.15) is 24.5 Å². The maximum Gasteiger partial charge on any atom is 0.173 e. The van der Waals surface area contributed by atoms with Gasteiger partial charge >= 0.3 is 0 Å². The first kappa shape index (κ1) is 14.7. The fourth-order valence-corrected chi connectivity index (χ4v) is 2.54. The molecule has 0 saturated heterocycles. The third-order valence-electron chi connectivity index (χ3n) is 3.92. The molecule has 0 spiro atoms. The molecule has 1 saturated carbocycles. The van der Waals surface area contributed by atoms with Gasteiger partial charge in [0.25, 0.3) is 0 Å². The van der Waals surface area contributed by atoms with Crippen LogP contribution in [0.15, 0.2) is 23.4 Å². The highest BCUT2D eigenvalue weighted by atomic mass is 16.5. The molecular formula is C15H23N3O2. The summed E-state index contributed by atoms with van der Waals surface area (Å²) >= 11 is 0. The van der Waals surface area contributed by atoms with Crippen molar-refractivity contribution >= 4 is 5.84 Å². The van der Waals surface area contributed by atoms with Gasteiger partial charge in [0.1, 0.15) is 5.75 Å². The van der Waals surface area contributed by atoms with E-state index in [4.69, 9.17) is 15.7 Å². The van der Waals surface area contributed by atoms with E-state index in [1.165, 1.54) is 6.42 Å². The summed E-state index contributed by atoms with van der Waals surface area (Å²) in [4.78, 5) is 2.31. The van der Waals surface area contributed by atoms with E-state index in [-0.39, 0.29) is 5.84 Å². The lowest BCUT2D eigenvalue weighted by Gasteiger charge is -2.17. The molecular weight excluding hydrogens is 254 g/mol. The second-order valence-corrected chi connectivity index (χ2v) is 5.69. The highest BCUT2D eigenvalue weighted by Gasteiger charge is 2.32. The minimum Gasteiger partial charge on any atom is -0.496 e. The lowest BCUT2D eigenvalue weighted by molar-refractivity contribution is 0.307. The molecule has 5 nitrogen and oxygen atoms in total. The molecule has 1 aliphatic carbocycles. The molecule has 1 aromatic carbocycles. The zero-order valence-corrected chi connectivity index (χ0v) is 12.3. The van der Waals surface area contributed by atoms with E-state index in [0.717, 1.165) is 30.5 Å². The molecule has 0 radical (unpaired) electrons. The Morgan fingerprint density at radius 2 is 2.25 bits per heavy atom. The van der Waals surface area contributed by atoms with Crippen LogP contribution in [-0.2, 0) is 6.54 Å². The first-order valence-electron chi connectivity index (χ1n) is 6.88. The number of amidine groups is 1. The van der Waals surface area contributed by atoms with Crippen molar-refractivity contribution in [2.45, 2.75) is 19.9 Å². The zero-order valence-electron chi connectivity index (χ0n) is 12.3. The third-order valence-corrected chi connectivity index (χ3v) is 3.92. The molecule has 2 unspecified atom stereocenters. The molecule has 3 N–H and O–H groups in total. The number of oxime groups is 1. The van der Waals surface area contributed by atoms with Crippen molar-refractivity contribution in [2.75, 3.05) is 20.7 Å². The smallest absolute Gasteiger partial charge is 0.173 e. The van der Waals surface area contributed by atoms with Gasteiger partial charge in [-0.2, -0.15) is 0 Å². The van der Waals surface area contributed by atoms with Crippen molar-refractivity contribution in [1.82, 2.24) is 4.90 Å². The summed E-state index contributed by atoms with van der Waals surface area (Å²) < 4.78 is 5.23. The van der Waals surface area contributed by atoms with Gasteiger partial charge in [-0.15, -0.1) is 0 Å². The lowest BCUT2D eigenvalue weighted by atomic mass is 10.1. The number of methoxy groups -OCH3 is 1. The van der Waals surface area contributed by atoms with Crippen molar-refractivity contribution in [3.8, 4) is 5.75 Å². The van der Waals surface area contributed by atoms with Gasteiger partial charge in [-0.3, -0.25) is 0 Å². The second kappa shape index (κ2) is 6.13. The van der Waals surface area contributed by atoms with Gasteiger partial charge < -0.3 is 20.6 Å². The zero-order chi connectivity index (χ0) is 14.7. The molecule has 0 amide bonds. The van der Waals surface area contributed by atoms with Crippen molar-refractivity contribution in [2.24, 2.45) is 22.7 Å².